The molecule has 0 atom stereocenters. The average molecular weight is 314 g/mol. The number of thioether (sulfide) groups is 2. The molecule has 21 heavy (non-hydrogen) atoms. The zero-order valence-electron chi connectivity index (χ0n) is 11.7. The fourth-order valence-electron chi connectivity index (χ4n) is 1.97. The van der Waals surface area contributed by atoms with Gasteiger partial charge in [0.05, 0.1) is 0 Å². The summed E-state index contributed by atoms with van der Waals surface area (Å²) in [5.41, 5.74) is 0.971. The molecule has 3 aromatic rings. The van der Waals surface area contributed by atoms with Crippen molar-refractivity contribution >= 4 is 45.9 Å². The fourth-order valence-corrected chi connectivity index (χ4v) is 2.74. The molecule has 0 saturated heterocycles. The van der Waals surface area contributed by atoms with E-state index in [1.807, 2.05) is 30.7 Å². The van der Waals surface area contributed by atoms with Gasteiger partial charge in [0.15, 0.2) is 10.3 Å². The van der Waals surface area contributed by atoms with E-state index in [-0.39, 0.29) is 0 Å². The predicted molar refractivity (Wildman–Crippen MR) is 90.6 cm³/mol. The third-order valence-corrected chi connectivity index (χ3v) is 4.06. The molecule has 0 aliphatic heterocycles. The van der Waals surface area contributed by atoms with Gasteiger partial charge in [-0.3, -0.25) is 0 Å². The maximum Gasteiger partial charge on any atom is 0.232 e. The van der Waals surface area contributed by atoms with Crippen LogP contribution in [0.1, 0.15) is 0 Å². The Bertz CT molecular complexity index is 754. The van der Waals surface area contributed by atoms with Crippen molar-refractivity contribution in [3.63, 3.8) is 0 Å². The topological polar surface area (TPSA) is 50.7 Å². The molecule has 6 heteroatoms. The molecule has 0 spiro atoms. The Morgan fingerprint density at radius 1 is 0.810 bits per heavy atom. The smallest absolute Gasteiger partial charge is 0.232 e. The highest BCUT2D eigenvalue weighted by Crippen LogP contribution is 2.22. The van der Waals surface area contributed by atoms with Crippen LogP contribution >= 0.6 is 23.5 Å². The molecule has 0 aliphatic carbocycles. The summed E-state index contributed by atoms with van der Waals surface area (Å²) in [6.45, 7) is 0. The third kappa shape index (κ3) is 3.28. The number of nitrogens with zero attached hydrogens (tertiary/aromatic N) is 3. The maximum atomic E-state index is 4.39. The number of hydrogen-bond acceptors (Lipinski definition) is 6. The zero-order valence-corrected chi connectivity index (χ0v) is 13.3. The summed E-state index contributed by atoms with van der Waals surface area (Å²) >= 11 is 3.02. The second-order valence-corrected chi connectivity index (χ2v) is 5.87. The highest BCUT2D eigenvalue weighted by Gasteiger charge is 2.06. The van der Waals surface area contributed by atoms with E-state index in [2.05, 4.69) is 44.5 Å². The number of nitrogens with one attached hydrogen (secondary N) is 1. The van der Waals surface area contributed by atoms with Crippen molar-refractivity contribution in [2.45, 2.75) is 10.3 Å². The van der Waals surface area contributed by atoms with E-state index >= 15 is 0 Å². The van der Waals surface area contributed by atoms with Gasteiger partial charge in [0.2, 0.25) is 5.95 Å². The van der Waals surface area contributed by atoms with Crippen LogP contribution in [-0.4, -0.2) is 27.5 Å². The summed E-state index contributed by atoms with van der Waals surface area (Å²) in [6, 6.07) is 14.5. The van der Waals surface area contributed by atoms with Crippen LogP contribution in [0.5, 0.6) is 0 Å². The van der Waals surface area contributed by atoms with Crippen molar-refractivity contribution in [2.24, 2.45) is 0 Å². The van der Waals surface area contributed by atoms with Crippen molar-refractivity contribution in [1.82, 2.24) is 15.0 Å². The first-order chi connectivity index (χ1) is 10.3. The lowest BCUT2D eigenvalue weighted by atomic mass is 10.1. The Morgan fingerprint density at radius 3 is 2.14 bits per heavy atom. The molecule has 2 aromatic carbocycles. The maximum absolute atomic E-state index is 4.39. The lowest BCUT2D eigenvalue weighted by Gasteiger charge is -2.08. The minimum atomic E-state index is 0.578. The van der Waals surface area contributed by atoms with Gasteiger partial charge in [-0.15, -0.1) is 0 Å². The molecule has 0 aliphatic rings. The van der Waals surface area contributed by atoms with Crippen LogP contribution in [0, 0.1) is 0 Å². The normalized spacial score (nSPS) is 10.8. The van der Waals surface area contributed by atoms with Crippen LogP contribution in [0.2, 0.25) is 0 Å². The van der Waals surface area contributed by atoms with Gasteiger partial charge in [0, 0.05) is 5.69 Å². The SMILES string of the molecule is CSc1nc(Nc2ccc3ccccc3c2)nc(SC)n1. The molecule has 4 nitrogen and oxygen atoms in total. The molecule has 1 heterocycles. The second kappa shape index (κ2) is 6.32. The first kappa shape index (κ1) is 14.2. The molecule has 1 aromatic heterocycles. The zero-order chi connectivity index (χ0) is 14.7. The predicted octanol–water partition coefficient (Wildman–Crippen LogP) is 4.21. The summed E-state index contributed by atoms with van der Waals surface area (Å²) < 4.78 is 0. The molecule has 1 N–H and O–H groups in total. The minimum Gasteiger partial charge on any atom is -0.324 e. The quantitative estimate of drug-likeness (QED) is 0.728. The van der Waals surface area contributed by atoms with E-state index in [4.69, 9.17) is 0 Å². The molecule has 0 unspecified atom stereocenters. The number of aromatic nitrogens is 3. The molecule has 0 fully saturated rings. The first-order valence-electron chi connectivity index (χ1n) is 6.38. The number of hydrogen-bond donors (Lipinski definition) is 1. The van der Waals surface area contributed by atoms with E-state index in [9.17, 15) is 0 Å². The summed E-state index contributed by atoms with van der Waals surface area (Å²) in [4.78, 5) is 13.1. The lowest BCUT2D eigenvalue weighted by molar-refractivity contribution is 0.813. The fraction of sp³-hybridized carbons (Fsp3) is 0.133. The lowest BCUT2D eigenvalue weighted by Crippen LogP contribution is -2.01. The van der Waals surface area contributed by atoms with Gasteiger partial charge in [0.25, 0.3) is 0 Å². The highest BCUT2D eigenvalue weighted by molar-refractivity contribution is 7.99. The first-order valence-corrected chi connectivity index (χ1v) is 8.83. The van der Waals surface area contributed by atoms with Crippen LogP contribution in [0.15, 0.2) is 52.8 Å². The number of fused-ring (bicyclic) bond motifs is 1. The van der Waals surface area contributed by atoms with Gasteiger partial charge >= 0.3 is 0 Å². The van der Waals surface area contributed by atoms with Gasteiger partial charge in [0.1, 0.15) is 0 Å². The van der Waals surface area contributed by atoms with Crippen molar-refractivity contribution in [1.29, 1.82) is 0 Å². The van der Waals surface area contributed by atoms with E-state index in [0.29, 0.717) is 5.95 Å². The molecular weight excluding hydrogens is 300 g/mol. The molecule has 0 amide bonds. The van der Waals surface area contributed by atoms with Gasteiger partial charge in [-0.2, -0.15) is 15.0 Å². The Balaban J connectivity index is 1.94. The van der Waals surface area contributed by atoms with Gasteiger partial charge in [-0.1, -0.05) is 53.9 Å². The molecule has 0 bridgehead atoms. The Hall–Kier alpha value is -1.79. The number of anilines is 2. The van der Waals surface area contributed by atoms with Crippen molar-refractivity contribution < 1.29 is 0 Å². The summed E-state index contributed by atoms with van der Waals surface area (Å²) in [7, 11) is 0. The monoisotopic (exact) mass is 314 g/mol. The van der Waals surface area contributed by atoms with Gasteiger partial charge < -0.3 is 5.32 Å². The largest absolute Gasteiger partial charge is 0.324 e. The summed E-state index contributed by atoms with van der Waals surface area (Å²) in [5, 5.41) is 7.10. The van der Waals surface area contributed by atoms with E-state index in [1.54, 1.807) is 0 Å². The van der Waals surface area contributed by atoms with Crippen LogP contribution in [-0.2, 0) is 0 Å². The van der Waals surface area contributed by atoms with Crippen LogP contribution in [0.4, 0.5) is 11.6 Å². The number of rotatable bonds is 4. The van der Waals surface area contributed by atoms with E-state index in [0.717, 1.165) is 16.0 Å². The molecule has 3 rings (SSSR count). The summed E-state index contributed by atoms with van der Waals surface area (Å²) in [5.74, 6) is 0.578. The Morgan fingerprint density at radius 2 is 1.48 bits per heavy atom. The molecule has 106 valence electrons. The third-order valence-electron chi connectivity index (χ3n) is 2.97. The second-order valence-electron chi connectivity index (χ2n) is 4.32. The van der Waals surface area contributed by atoms with Crippen LogP contribution in [0.3, 0.4) is 0 Å². The number of benzene rings is 2. The standard InChI is InChI=1S/C15H14N4S2/c1-20-14-17-13(18-15(19-14)21-2)16-12-8-7-10-5-3-4-6-11(10)9-12/h3-9H,1-2H3,(H,16,17,18,19). The minimum absolute atomic E-state index is 0.578. The molecular formula is C15H14N4S2. The Kier molecular flexibility index (Phi) is 4.26. The average Bonchev–Trinajstić information content (AvgIpc) is 2.54. The molecule has 0 radical (unpaired) electrons. The van der Waals surface area contributed by atoms with Crippen molar-refractivity contribution in [3.8, 4) is 0 Å². The van der Waals surface area contributed by atoms with E-state index < -0.39 is 0 Å². The van der Waals surface area contributed by atoms with Gasteiger partial charge in [-0.05, 0) is 35.4 Å². The highest BCUT2D eigenvalue weighted by atomic mass is 32.2. The summed E-state index contributed by atoms with van der Waals surface area (Å²) in [6.07, 6.45) is 3.92. The van der Waals surface area contributed by atoms with E-state index in [1.165, 1.54) is 34.3 Å². The van der Waals surface area contributed by atoms with Crippen molar-refractivity contribution in [3.05, 3.63) is 42.5 Å². The van der Waals surface area contributed by atoms with Gasteiger partial charge in [-0.25, -0.2) is 0 Å². The van der Waals surface area contributed by atoms with Crippen molar-refractivity contribution in [2.75, 3.05) is 17.8 Å². The van der Waals surface area contributed by atoms with Crippen LogP contribution in [0.25, 0.3) is 10.8 Å². The van der Waals surface area contributed by atoms with Crippen LogP contribution < -0.4 is 5.32 Å². The Labute approximate surface area is 131 Å². The molecule has 0 saturated carbocycles.